The van der Waals surface area contributed by atoms with E-state index in [4.69, 9.17) is 0 Å². The molecule has 0 atom stereocenters. The number of rotatable bonds is 8. The Hall–Kier alpha value is 0.483. The van der Waals surface area contributed by atoms with Gasteiger partial charge in [0.05, 0.1) is 0 Å². The van der Waals surface area contributed by atoms with Gasteiger partial charge in [-0.1, -0.05) is 0 Å². The van der Waals surface area contributed by atoms with Crippen molar-refractivity contribution in [3.8, 4) is 0 Å². The molecule has 2 radical (unpaired) electrons. The van der Waals surface area contributed by atoms with Gasteiger partial charge in [-0.15, -0.1) is 0 Å². The van der Waals surface area contributed by atoms with Gasteiger partial charge in [0.25, 0.3) is 0 Å². The van der Waals surface area contributed by atoms with Crippen LogP contribution >= 0.6 is 15.8 Å². The van der Waals surface area contributed by atoms with Crippen LogP contribution in [0.25, 0.3) is 0 Å². The van der Waals surface area contributed by atoms with E-state index >= 15 is 0 Å². The van der Waals surface area contributed by atoms with Crippen molar-refractivity contribution in [2.24, 2.45) is 0 Å². The normalized spacial score (nSPS) is 15.5. The average Bonchev–Trinajstić information content (AvgIpc) is 2.38. The molecule has 0 saturated carbocycles. The Kier molecular flexibility index (Phi) is 9.70. The van der Waals surface area contributed by atoms with Crippen LogP contribution in [0.4, 0.5) is 52.7 Å². The van der Waals surface area contributed by atoms with E-state index in [0.29, 0.717) is 0 Å². The molecule has 17 heteroatoms. The monoisotopic (exact) mass is 556 g/mol. The number of hydrogen-bond acceptors (Lipinski definition) is 2. The van der Waals surface area contributed by atoms with E-state index in [1.165, 1.54) is 0 Å². The van der Waals surface area contributed by atoms with E-state index in [9.17, 15) is 52.7 Å². The Morgan fingerprint density at radius 3 is 0.862 bits per heavy atom. The van der Waals surface area contributed by atoms with Gasteiger partial charge in [0.2, 0.25) is 0 Å². The second-order valence-electron chi connectivity index (χ2n) is 6.41. The van der Waals surface area contributed by atoms with Gasteiger partial charge in [-0.3, -0.25) is 0 Å². The molecule has 0 aliphatic rings. The summed E-state index contributed by atoms with van der Waals surface area (Å²) < 4.78 is 166. The van der Waals surface area contributed by atoms with Crippen molar-refractivity contribution in [1.82, 2.24) is 0 Å². The van der Waals surface area contributed by atoms with Gasteiger partial charge in [0, 0.05) is 0 Å². The van der Waals surface area contributed by atoms with E-state index in [1.54, 1.807) is 0 Å². The van der Waals surface area contributed by atoms with Crippen LogP contribution < -0.4 is 0 Å². The summed E-state index contributed by atoms with van der Waals surface area (Å²) in [6, 6.07) is 0. The molecule has 29 heavy (non-hydrogen) atoms. The molecule has 0 saturated heterocycles. The zero-order valence-electron chi connectivity index (χ0n) is 15.2. The predicted octanol–water partition coefficient (Wildman–Crippen LogP) is 5.76. The summed E-state index contributed by atoms with van der Waals surface area (Å²) in [5, 5.41) is 0. The van der Waals surface area contributed by atoms with Crippen LogP contribution in [0.15, 0.2) is 0 Å². The molecule has 0 bridgehead atoms. The summed E-state index contributed by atoms with van der Waals surface area (Å²) in [6.07, 6.45) is -27.9. The van der Waals surface area contributed by atoms with Crippen molar-refractivity contribution in [2.45, 2.75) is 35.9 Å². The molecule has 0 aliphatic heterocycles. The maximum atomic E-state index is 13.2. The zero-order valence-corrected chi connectivity index (χ0v) is 19.0. The molecule has 0 fully saturated rings. The second-order valence-corrected chi connectivity index (χ2v) is 12.6. The van der Waals surface area contributed by atoms with E-state index in [2.05, 4.69) is 7.53 Å². The molecule has 0 aliphatic carbocycles. The molecule has 0 amide bonds. The Labute approximate surface area is 167 Å². The third kappa shape index (κ3) is 6.73. The quantitative estimate of drug-likeness (QED) is 0.216. The Morgan fingerprint density at radius 2 is 0.724 bits per heavy atom. The van der Waals surface area contributed by atoms with Gasteiger partial charge in [-0.2, -0.15) is 0 Å². The molecule has 2 nitrogen and oxygen atoms in total. The topological polar surface area (TPSA) is 18.5 Å². The van der Waals surface area contributed by atoms with Crippen LogP contribution in [0.2, 0.25) is 0 Å². The first-order valence-corrected chi connectivity index (χ1v) is 13.8. The van der Waals surface area contributed by atoms with Crippen molar-refractivity contribution < 1.29 is 60.2 Å². The standard InChI is InChI=1S/C12H16F12GeO2P2/c1-28(2)5-7(9(13,14)15,10(16,17)18)26-25-27-8(6-29(3)4,11(19,20)21)12(22,23)24/h5-6H2,1-4H3. The molecular weight excluding hydrogens is 539 g/mol. The van der Waals surface area contributed by atoms with Gasteiger partial charge >= 0.3 is 167 Å². The van der Waals surface area contributed by atoms with Crippen molar-refractivity contribution in [1.29, 1.82) is 0 Å². The summed E-state index contributed by atoms with van der Waals surface area (Å²) in [4.78, 5) is 0. The van der Waals surface area contributed by atoms with Gasteiger partial charge in [0.1, 0.15) is 0 Å². The predicted molar refractivity (Wildman–Crippen MR) is 84.9 cm³/mol. The minimum atomic E-state index is -6.13. The molecule has 0 unspecified atom stereocenters. The summed E-state index contributed by atoms with van der Waals surface area (Å²) in [6.45, 7) is 4.07. The van der Waals surface area contributed by atoms with Gasteiger partial charge in [0.15, 0.2) is 0 Å². The fourth-order valence-electron chi connectivity index (χ4n) is 2.03. The molecular formula is C12H16F12GeO2P2. The fraction of sp³-hybridized carbons (Fsp3) is 1.00. The van der Waals surface area contributed by atoms with Gasteiger partial charge < -0.3 is 0 Å². The second kappa shape index (κ2) is 9.54. The fourth-order valence-corrected chi connectivity index (χ4v) is 7.13. The molecule has 0 rings (SSSR count). The summed E-state index contributed by atoms with van der Waals surface area (Å²) in [5.74, 6) is 0. The molecule has 0 heterocycles. The van der Waals surface area contributed by atoms with Gasteiger partial charge in [-0.05, 0) is 0 Å². The first kappa shape index (κ1) is 29.5. The van der Waals surface area contributed by atoms with Gasteiger partial charge in [-0.25, -0.2) is 0 Å². The molecule has 0 N–H and O–H groups in total. The summed E-state index contributed by atoms with van der Waals surface area (Å²) in [7, 11) is -3.92. The van der Waals surface area contributed by atoms with Crippen molar-refractivity contribution in [3.63, 3.8) is 0 Å². The summed E-state index contributed by atoms with van der Waals surface area (Å²) in [5.41, 5.74) is -9.83. The van der Waals surface area contributed by atoms with Crippen molar-refractivity contribution in [3.05, 3.63) is 0 Å². The molecule has 0 spiro atoms. The molecule has 174 valence electrons. The molecule has 0 aromatic carbocycles. The van der Waals surface area contributed by atoms with E-state index in [1.807, 2.05) is 0 Å². The van der Waals surface area contributed by atoms with E-state index in [0.717, 1.165) is 26.7 Å². The van der Waals surface area contributed by atoms with Crippen molar-refractivity contribution in [2.75, 3.05) is 39.0 Å². The third-order valence-electron chi connectivity index (χ3n) is 3.34. The SMILES string of the molecule is CP(C)CC([O][Ge][O]C(CP(C)C)(C(F)(F)F)C(F)(F)F)(C(F)(F)F)C(F)(F)F. The minimum absolute atomic E-state index is 1.02. The van der Waals surface area contributed by atoms with Crippen LogP contribution in [0.5, 0.6) is 0 Å². The van der Waals surface area contributed by atoms with Crippen molar-refractivity contribution >= 4 is 31.9 Å². The van der Waals surface area contributed by atoms with Crippen LogP contribution in [-0.2, 0) is 7.53 Å². The van der Waals surface area contributed by atoms with Crippen LogP contribution in [-0.4, -0.2) is 91.0 Å². The Morgan fingerprint density at radius 1 is 0.517 bits per heavy atom. The molecule has 0 aromatic heterocycles. The zero-order chi connectivity index (χ0) is 23.7. The number of alkyl halides is 12. The van der Waals surface area contributed by atoms with Crippen LogP contribution in [0, 0.1) is 0 Å². The number of halogens is 12. The van der Waals surface area contributed by atoms with Crippen LogP contribution in [0.1, 0.15) is 0 Å². The van der Waals surface area contributed by atoms with Crippen LogP contribution in [0.3, 0.4) is 0 Å². The van der Waals surface area contributed by atoms with E-state index in [-0.39, 0.29) is 0 Å². The first-order valence-electron chi connectivity index (χ1n) is 7.21. The maximum absolute atomic E-state index is 13.2. The third-order valence-corrected chi connectivity index (χ3v) is 7.31. The first-order chi connectivity index (χ1) is 12.5. The molecule has 0 aromatic rings. The van der Waals surface area contributed by atoms with E-state index < -0.39 is 80.2 Å². The number of hydrogen-bond donors (Lipinski definition) is 0. The Bertz CT molecular complexity index is 453. The summed E-state index contributed by atoms with van der Waals surface area (Å²) >= 11 is -3.91. The Balaban J connectivity index is 6.12. The average molecular weight is 555 g/mol.